The third kappa shape index (κ3) is 8.06. The Morgan fingerprint density at radius 3 is 2.35 bits per heavy atom. The van der Waals surface area contributed by atoms with Crippen molar-refractivity contribution in [1.29, 1.82) is 0 Å². The fourth-order valence-electron chi connectivity index (χ4n) is 7.87. The van der Waals surface area contributed by atoms with Gasteiger partial charge in [-0.05, 0) is 119 Å². The normalized spacial score (nSPS) is 16.9. The van der Waals surface area contributed by atoms with Crippen LogP contribution in [0.5, 0.6) is 0 Å². The van der Waals surface area contributed by atoms with Crippen LogP contribution in [0.3, 0.4) is 0 Å². The summed E-state index contributed by atoms with van der Waals surface area (Å²) in [4.78, 5) is 6.26. The molecule has 3 aliphatic rings. The van der Waals surface area contributed by atoms with Crippen LogP contribution >= 0.6 is 0 Å². The molecule has 3 nitrogen and oxygen atoms in total. The van der Waals surface area contributed by atoms with Gasteiger partial charge in [-0.1, -0.05) is 147 Å². The largest absolute Gasteiger partial charge is 0.323 e. The summed E-state index contributed by atoms with van der Waals surface area (Å²) < 4.78 is 2.32. The smallest absolute Gasteiger partial charge is 0.0632 e. The molecule has 5 aromatic carbocycles. The number of aromatic nitrogens is 1. The lowest BCUT2D eigenvalue weighted by Gasteiger charge is -2.19. The Bertz CT molecular complexity index is 2750. The molecule has 0 spiro atoms. The number of hydrogen-bond acceptors (Lipinski definition) is 2. The minimum Gasteiger partial charge on any atom is -0.323 e. The lowest BCUT2D eigenvalue weighted by molar-refractivity contribution is 0.995. The molecule has 0 N–H and O–H groups in total. The predicted octanol–water partition coefficient (Wildman–Crippen LogP) is 14.4. The number of hydrogen-bond donors (Lipinski definition) is 0. The summed E-state index contributed by atoms with van der Waals surface area (Å²) in [5.74, 6) is 0. The van der Waals surface area contributed by atoms with Crippen molar-refractivity contribution in [2.24, 2.45) is 4.99 Å². The second kappa shape index (κ2) is 17.2. The summed E-state index contributed by atoms with van der Waals surface area (Å²) in [6.07, 6.45) is 35.1. The Morgan fingerprint density at radius 1 is 0.649 bits per heavy atom. The van der Waals surface area contributed by atoms with Gasteiger partial charge in [0.25, 0.3) is 0 Å². The van der Waals surface area contributed by atoms with Crippen molar-refractivity contribution < 1.29 is 0 Å². The van der Waals surface area contributed by atoms with Crippen LogP contribution in [0.1, 0.15) is 42.5 Å². The van der Waals surface area contributed by atoms with Gasteiger partial charge in [0.1, 0.15) is 0 Å². The maximum atomic E-state index is 4.59. The quantitative estimate of drug-likeness (QED) is 0.156. The van der Waals surface area contributed by atoms with Gasteiger partial charge in [0.2, 0.25) is 0 Å². The topological polar surface area (TPSA) is 20.5 Å². The minimum atomic E-state index is 0.602. The van der Waals surface area contributed by atoms with E-state index in [1.54, 1.807) is 0 Å². The van der Waals surface area contributed by atoms with Crippen molar-refractivity contribution >= 4 is 56.5 Å². The molecule has 0 amide bonds. The summed E-state index contributed by atoms with van der Waals surface area (Å²) in [5, 5.41) is 5.92. The molecule has 0 unspecified atom stereocenters. The highest BCUT2D eigenvalue weighted by atomic mass is 15.1. The van der Waals surface area contributed by atoms with Gasteiger partial charge in [-0.25, -0.2) is 0 Å². The van der Waals surface area contributed by atoms with Gasteiger partial charge in [-0.3, -0.25) is 4.99 Å². The van der Waals surface area contributed by atoms with Gasteiger partial charge in [0.15, 0.2) is 0 Å². The van der Waals surface area contributed by atoms with E-state index in [0.717, 1.165) is 63.1 Å². The number of para-hydroxylation sites is 1. The molecule has 57 heavy (non-hydrogen) atoms. The van der Waals surface area contributed by atoms with Crippen molar-refractivity contribution in [2.45, 2.75) is 32.2 Å². The van der Waals surface area contributed by atoms with Crippen LogP contribution in [0.25, 0.3) is 49.8 Å². The van der Waals surface area contributed by atoms with Gasteiger partial charge < -0.3 is 9.47 Å². The predicted molar refractivity (Wildman–Crippen MR) is 248 cm³/mol. The van der Waals surface area contributed by atoms with Crippen LogP contribution in [0, 0.1) is 0 Å². The zero-order chi connectivity index (χ0) is 39.0. The molecule has 6 aromatic rings. The van der Waals surface area contributed by atoms with Gasteiger partial charge in [-0.2, -0.15) is 0 Å². The Morgan fingerprint density at radius 2 is 1.49 bits per heavy atom. The molecule has 2 aliphatic carbocycles. The van der Waals surface area contributed by atoms with E-state index in [0.29, 0.717) is 6.54 Å². The molecule has 0 saturated heterocycles. The van der Waals surface area contributed by atoms with Crippen molar-refractivity contribution in [3.05, 3.63) is 229 Å². The first-order valence-corrected chi connectivity index (χ1v) is 19.7. The standard InChI is InChI=1S/C40H31N3.C14H16/c1-28-12-9-10-24-42(37-18-11-14-32-26-30(27-41-3)19-21-34(32)37)25-23-36-39-35-17-8-7-13-31(35)20-22-38(39)43(40(36)29(28)2)33-15-5-4-6-16-33;1-2-5-9-13(8-4-1)12-14-10-6-3-7-11-14/h4-26H,1-3,27H2;1,4-6,8-11H,2-3,7,12H2/b12-9-,24-10-,25-23-;. The maximum absolute atomic E-state index is 4.59. The summed E-state index contributed by atoms with van der Waals surface area (Å²) >= 11 is 0. The summed E-state index contributed by atoms with van der Waals surface area (Å²) in [6.45, 7) is 13.3. The van der Waals surface area contributed by atoms with E-state index in [1.807, 2.05) is 18.2 Å². The molecule has 1 aliphatic heterocycles. The van der Waals surface area contributed by atoms with Gasteiger partial charge in [0.05, 0.1) is 23.4 Å². The highest BCUT2D eigenvalue weighted by Gasteiger charge is 2.22. The molecular weight excluding hydrogens is 691 g/mol. The zero-order valence-electron chi connectivity index (χ0n) is 32.4. The Hall–Kier alpha value is -6.97. The number of aliphatic imine (C=N–C) groups is 1. The Kier molecular flexibility index (Phi) is 11.2. The highest BCUT2D eigenvalue weighted by Crippen LogP contribution is 2.41. The van der Waals surface area contributed by atoms with Crippen LogP contribution in [0.4, 0.5) is 5.69 Å². The number of allylic oxidation sites excluding steroid dienone is 15. The molecule has 0 bridgehead atoms. The fraction of sp³-hybridized carbons (Fsp3) is 0.0926. The Labute approximate surface area is 336 Å². The first-order chi connectivity index (χ1) is 28.1. The van der Waals surface area contributed by atoms with E-state index in [-0.39, 0.29) is 0 Å². The van der Waals surface area contributed by atoms with Crippen LogP contribution in [0.2, 0.25) is 0 Å². The second-order valence-corrected chi connectivity index (χ2v) is 14.5. The summed E-state index contributed by atoms with van der Waals surface area (Å²) in [6, 6.07) is 36.4. The number of anilines is 1. The van der Waals surface area contributed by atoms with E-state index in [4.69, 9.17) is 0 Å². The molecule has 9 rings (SSSR count). The van der Waals surface area contributed by atoms with Gasteiger partial charge >= 0.3 is 0 Å². The molecule has 0 atom stereocenters. The monoisotopic (exact) mass is 737 g/mol. The molecule has 0 saturated carbocycles. The number of nitrogens with zero attached hydrogens (tertiary/aromatic N) is 3. The summed E-state index contributed by atoms with van der Waals surface area (Å²) in [7, 11) is 0. The number of fused-ring (bicyclic) bond motifs is 6. The summed E-state index contributed by atoms with van der Waals surface area (Å²) in [5.41, 5.74) is 11.2. The average Bonchev–Trinajstić information content (AvgIpc) is 3.35. The first-order valence-electron chi connectivity index (χ1n) is 19.7. The van der Waals surface area contributed by atoms with E-state index in [1.165, 1.54) is 45.5 Å². The SMILES string of the molecule is C1=CCC=CC(CC2=CCCC=C2)=C1.C=NCc1ccc2c(N3/C=C\C=C/C(=C)C(=C)c4c(c5c6ccccc6ccc5n4-c4ccccc4)/C=C\3)cccc2c1. The number of benzene rings is 5. The third-order valence-corrected chi connectivity index (χ3v) is 10.7. The lowest BCUT2D eigenvalue weighted by Crippen LogP contribution is -2.07. The van der Waals surface area contributed by atoms with Crippen molar-refractivity contribution in [3.63, 3.8) is 0 Å². The number of rotatable bonds is 6. The third-order valence-electron chi connectivity index (χ3n) is 10.7. The zero-order valence-corrected chi connectivity index (χ0v) is 32.4. The molecule has 0 fully saturated rings. The molecule has 2 heterocycles. The molecule has 278 valence electrons. The first kappa shape index (κ1) is 37.0. The van der Waals surface area contributed by atoms with Crippen LogP contribution < -0.4 is 4.90 Å². The molecule has 0 radical (unpaired) electrons. The Balaban J connectivity index is 0.000000274. The highest BCUT2D eigenvalue weighted by molar-refractivity contribution is 6.14. The molecular formula is C54H47N3. The minimum absolute atomic E-state index is 0.602. The van der Waals surface area contributed by atoms with Gasteiger partial charge in [0, 0.05) is 34.4 Å². The van der Waals surface area contributed by atoms with E-state index >= 15 is 0 Å². The average molecular weight is 738 g/mol. The molecule has 1 aromatic heterocycles. The van der Waals surface area contributed by atoms with E-state index < -0.39 is 0 Å². The van der Waals surface area contributed by atoms with Crippen molar-refractivity contribution in [3.8, 4) is 5.69 Å². The van der Waals surface area contributed by atoms with Crippen LogP contribution in [-0.4, -0.2) is 11.3 Å². The lowest BCUT2D eigenvalue weighted by atomic mass is 9.98. The maximum Gasteiger partial charge on any atom is 0.0632 e. The fourth-order valence-corrected chi connectivity index (χ4v) is 7.87. The van der Waals surface area contributed by atoms with Crippen molar-refractivity contribution in [1.82, 2.24) is 4.57 Å². The van der Waals surface area contributed by atoms with Crippen molar-refractivity contribution in [2.75, 3.05) is 4.90 Å². The van der Waals surface area contributed by atoms with E-state index in [2.05, 4.69) is 205 Å². The van der Waals surface area contributed by atoms with Gasteiger partial charge in [-0.15, -0.1) is 0 Å². The second-order valence-electron chi connectivity index (χ2n) is 14.5. The van der Waals surface area contributed by atoms with Crippen LogP contribution in [-0.2, 0) is 6.54 Å². The molecule has 3 heteroatoms. The van der Waals surface area contributed by atoms with Crippen LogP contribution in [0.15, 0.2) is 217 Å². The van der Waals surface area contributed by atoms with E-state index in [9.17, 15) is 0 Å².